The van der Waals surface area contributed by atoms with Gasteiger partial charge in [0.05, 0.1) is 13.7 Å². The molecule has 0 aliphatic heterocycles. The predicted molar refractivity (Wildman–Crippen MR) is 80.4 cm³/mol. The van der Waals surface area contributed by atoms with Crippen molar-refractivity contribution in [2.75, 3.05) is 13.7 Å². The number of carbonyl (C=O) groups excluding carboxylic acids is 1. The average Bonchev–Trinajstić information content (AvgIpc) is 2.45. The van der Waals surface area contributed by atoms with Gasteiger partial charge in [0.25, 0.3) is 0 Å². The van der Waals surface area contributed by atoms with E-state index < -0.39 is 0 Å². The molecular formula is C17H20O3. The maximum absolute atomic E-state index is 12.3. The molecule has 3 nitrogen and oxygen atoms in total. The Morgan fingerprint density at radius 1 is 1.20 bits per heavy atom. The minimum absolute atomic E-state index is 0.313. The Balaban J connectivity index is 2.47. The zero-order valence-electron chi connectivity index (χ0n) is 12.2. The summed E-state index contributed by atoms with van der Waals surface area (Å²) in [5.74, 6) is 0.246. The average molecular weight is 272 g/mol. The van der Waals surface area contributed by atoms with Crippen LogP contribution in [0.4, 0.5) is 0 Å². The van der Waals surface area contributed by atoms with Crippen LogP contribution in [-0.2, 0) is 4.74 Å². The molecule has 0 radical (unpaired) electrons. The first-order valence-electron chi connectivity index (χ1n) is 6.92. The molecule has 0 heterocycles. The third kappa shape index (κ3) is 2.93. The van der Waals surface area contributed by atoms with E-state index >= 15 is 0 Å². The number of ether oxygens (including phenoxy) is 2. The molecule has 20 heavy (non-hydrogen) atoms. The van der Waals surface area contributed by atoms with Gasteiger partial charge in [-0.3, -0.25) is 0 Å². The van der Waals surface area contributed by atoms with Crippen molar-refractivity contribution in [2.24, 2.45) is 0 Å². The predicted octanol–water partition coefficient (Wildman–Crippen LogP) is 4.11. The highest BCUT2D eigenvalue weighted by atomic mass is 16.5. The minimum Gasteiger partial charge on any atom is -0.496 e. The summed E-state index contributed by atoms with van der Waals surface area (Å²) >= 11 is 0. The Kier molecular flexibility index (Phi) is 4.61. The van der Waals surface area contributed by atoms with Gasteiger partial charge in [0, 0.05) is 5.39 Å². The van der Waals surface area contributed by atoms with Crippen molar-refractivity contribution >= 4 is 16.7 Å². The summed E-state index contributed by atoms with van der Waals surface area (Å²) in [4.78, 5) is 12.3. The molecule has 0 saturated heterocycles. The molecule has 0 aliphatic carbocycles. The number of esters is 1. The Labute approximate surface area is 119 Å². The summed E-state index contributed by atoms with van der Waals surface area (Å²) in [6.45, 7) is 4.52. The van der Waals surface area contributed by atoms with Gasteiger partial charge in [0.1, 0.15) is 11.3 Å². The topological polar surface area (TPSA) is 35.5 Å². The number of hydrogen-bond donors (Lipinski definition) is 0. The van der Waals surface area contributed by atoms with Crippen LogP contribution in [0.15, 0.2) is 30.3 Å². The third-order valence-corrected chi connectivity index (χ3v) is 3.29. The van der Waals surface area contributed by atoms with Crippen molar-refractivity contribution in [3.63, 3.8) is 0 Å². The lowest BCUT2D eigenvalue weighted by Gasteiger charge is -2.12. The lowest BCUT2D eigenvalue weighted by molar-refractivity contribution is 0.0498. The van der Waals surface area contributed by atoms with Gasteiger partial charge in [-0.15, -0.1) is 0 Å². The molecule has 2 rings (SSSR count). The molecule has 0 N–H and O–H groups in total. The summed E-state index contributed by atoms with van der Waals surface area (Å²) in [7, 11) is 1.57. The first-order chi connectivity index (χ1) is 9.67. The molecule has 106 valence electrons. The van der Waals surface area contributed by atoms with E-state index in [-0.39, 0.29) is 5.97 Å². The fourth-order valence-electron chi connectivity index (χ4n) is 2.18. The van der Waals surface area contributed by atoms with Crippen LogP contribution in [0.1, 0.15) is 35.7 Å². The number of carbonyl (C=O) groups is 1. The molecule has 0 atom stereocenters. The van der Waals surface area contributed by atoms with Gasteiger partial charge in [-0.25, -0.2) is 4.79 Å². The van der Waals surface area contributed by atoms with E-state index in [2.05, 4.69) is 6.92 Å². The molecule has 0 aliphatic rings. The molecule has 0 aromatic heterocycles. The number of aryl methyl sites for hydroxylation is 1. The maximum atomic E-state index is 12.3. The van der Waals surface area contributed by atoms with Crippen LogP contribution in [0.2, 0.25) is 0 Å². The van der Waals surface area contributed by atoms with Crippen molar-refractivity contribution in [1.29, 1.82) is 0 Å². The molecular weight excluding hydrogens is 252 g/mol. The van der Waals surface area contributed by atoms with Crippen molar-refractivity contribution in [1.82, 2.24) is 0 Å². The molecule has 3 heteroatoms. The number of benzene rings is 2. The lowest BCUT2D eigenvalue weighted by atomic mass is 10.0. The van der Waals surface area contributed by atoms with E-state index in [4.69, 9.17) is 9.47 Å². The van der Waals surface area contributed by atoms with E-state index in [1.165, 1.54) is 0 Å². The van der Waals surface area contributed by atoms with Crippen molar-refractivity contribution in [2.45, 2.75) is 26.7 Å². The molecule has 2 aromatic carbocycles. The highest BCUT2D eigenvalue weighted by Gasteiger charge is 2.17. The van der Waals surface area contributed by atoms with Crippen LogP contribution in [0.5, 0.6) is 5.75 Å². The van der Waals surface area contributed by atoms with Crippen LogP contribution in [0.3, 0.4) is 0 Å². The SMILES string of the molecule is CCCCOC(=O)c1c(OC)ccc2ccc(C)cc12. The monoisotopic (exact) mass is 272 g/mol. The summed E-state index contributed by atoms with van der Waals surface area (Å²) in [6.07, 6.45) is 1.87. The number of hydrogen-bond acceptors (Lipinski definition) is 3. The summed E-state index contributed by atoms with van der Waals surface area (Å²) in [5, 5.41) is 1.89. The second kappa shape index (κ2) is 6.42. The Bertz CT molecular complexity index is 617. The first-order valence-corrected chi connectivity index (χ1v) is 6.92. The fourth-order valence-corrected chi connectivity index (χ4v) is 2.18. The van der Waals surface area contributed by atoms with Crippen molar-refractivity contribution < 1.29 is 14.3 Å². The first kappa shape index (κ1) is 14.4. The highest BCUT2D eigenvalue weighted by molar-refractivity contribution is 6.07. The molecule has 0 spiro atoms. The molecule has 0 amide bonds. The normalized spacial score (nSPS) is 10.6. The smallest absolute Gasteiger partial charge is 0.342 e. The number of methoxy groups -OCH3 is 1. The van der Waals surface area contributed by atoms with Crippen molar-refractivity contribution in [3.8, 4) is 5.75 Å². The van der Waals surface area contributed by atoms with Crippen LogP contribution in [0.25, 0.3) is 10.8 Å². The second-order valence-electron chi connectivity index (χ2n) is 4.86. The summed E-state index contributed by atoms with van der Waals surface area (Å²) in [6, 6.07) is 9.80. The number of unbranched alkanes of at least 4 members (excludes halogenated alkanes) is 1. The van der Waals surface area contributed by atoms with E-state index in [1.54, 1.807) is 7.11 Å². The van der Waals surface area contributed by atoms with Crippen LogP contribution >= 0.6 is 0 Å². The van der Waals surface area contributed by atoms with Crippen LogP contribution in [0, 0.1) is 6.92 Å². The Hall–Kier alpha value is -2.03. The summed E-state index contributed by atoms with van der Waals surface area (Å²) < 4.78 is 10.7. The quantitative estimate of drug-likeness (QED) is 0.607. The Morgan fingerprint density at radius 3 is 2.65 bits per heavy atom. The zero-order valence-corrected chi connectivity index (χ0v) is 12.2. The number of fused-ring (bicyclic) bond motifs is 1. The van der Waals surface area contributed by atoms with Crippen LogP contribution in [-0.4, -0.2) is 19.7 Å². The van der Waals surface area contributed by atoms with Crippen LogP contribution < -0.4 is 4.74 Å². The molecule has 0 saturated carbocycles. The number of rotatable bonds is 5. The minimum atomic E-state index is -0.313. The van der Waals surface area contributed by atoms with Gasteiger partial charge in [0.2, 0.25) is 0 Å². The van der Waals surface area contributed by atoms with Gasteiger partial charge in [-0.1, -0.05) is 43.2 Å². The maximum Gasteiger partial charge on any atom is 0.342 e. The van der Waals surface area contributed by atoms with Gasteiger partial charge in [-0.2, -0.15) is 0 Å². The zero-order chi connectivity index (χ0) is 14.5. The van der Waals surface area contributed by atoms with Gasteiger partial charge in [-0.05, 0) is 24.8 Å². The molecule has 0 unspecified atom stereocenters. The largest absolute Gasteiger partial charge is 0.496 e. The van der Waals surface area contributed by atoms with E-state index in [0.29, 0.717) is 17.9 Å². The van der Waals surface area contributed by atoms with Gasteiger partial charge in [0.15, 0.2) is 0 Å². The van der Waals surface area contributed by atoms with Crippen molar-refractivity contribution in [3.05, 3.63) is 41.5 Å². The second-order valence-corrected chi connectivity index (χ2v) is 4.86. The van der Waals surface area contributed by atoms with E-state index in [0.717, 1.165) is 29.2 Å². The standard InChI is InChI=1S/C17H20O3/c1-4-5-10-20-17(18)16-14-11-12(2)6-7-13(14)8-9-15(16)19-3/h6-9,11H,4-5,10H2,1-3H3. The third-order valence-electron chi connectivity index (χ3n) is 3.29. The van der Waals surface area contributed by atoms with E-state index in [9.17, 15) is 4.79 Å². The summed E-state index contributed by atoms with van der Waals surface area (Å²) in [5.41, 5.74) is 1.62. The highest BCUT2D eigenvalue weighted by Crippen LogP contribution is 2.29. The Morgan fingerprint density at radius 2 is 1.95 bits per heavy atom. The van der Waals surface area contributed by atoms with E-state index in [1.807, 2.05) is 37.3 Å². The molecule has 0 bridgehead atoms. The molecule has 0 fully saturated rings. The fraction of sp³-hybridized carbons (Fsp3) is 0.353. The van der Waals surface area contributed by atoms with Gasteiger partial charge < -0.3 is 9.47 Å². The van der Waals surface area contributed by atoms with Gasteiger partial charge >= 0.3 is 5.97 Å². The lowest BCUT2D eigenvalue weighted by Crippen LogP contribution is -2.09. The molecule has 2 aromatic rings.